The molecule has 1 atom stereocenters. The van der Waals surface area contributed by atoms with E-state index in [-0.39, 0.29) is 5.56 Å². The predicted molar refractivity (Wildman–Crippen MR) is 78.3 cm³/mol. The normalized spacial score (nSPS) is 17.2. The summed E-state index contributed by atoms with van der Waals surface area (Å²) in [5.74, 6) is 0. The summed E-state index contributed by atoms with van der Waals surface area (Å²) in [4.78, 5) is 17.5. The van der Waals surface area contributed by atoms with E-state index >= 15 is 0 Å². The van der Waals surface area contributed by atoms with Crippen LogP contribution in [0.15, 0.2) is 10.9 Å². The topological polar surface area (TPSA) is 48.1 Å². The number of aromatic amines is 1. The maximum Gasteiger partial charge on any atom is 0.252 e. The Morgan fingerprint density at radius 2 is 2.26 bits per heavy atom. The quantitative estimate of drug-likeness (QED) is 0.849. The van der Waals surface area contributed by atoms with Crippen molar-refractivity contribution in [1.29, 1.82) is 0 Å². The van der Waals surface area contributed by atoms with E-state index in [1.165, 1.54) is 5.56 Å². The van der Waals surface area contributed by atoms with Gasteiger partial charge in [0, 0.05) is 43.4 Å². The second-order valence-electron chi connectivity index (χ2n) is 5.44. The standard InChI is InChI=1S/C15H25N3O/c1-4-11(3)16-9-12-8-13-10-18(5-2)7-6-14(13)17-15(12)19/h8,11,16H,4-7,9-10H2,1-3H3,(H,17,19). The van der Waals surface area contributed by atoms with Gasteiger partial charge >= 0.3 is 0 Å². The fraction of sp³-hybridized carbons (Fsp3) is 0.667. The molecule has 1 aromatic heterocycles. The molecule has 0 spiro atoms. The third-order valence-corrected chi connectivity index (χ3v) is 4.06. The molecule has 1 unspecified atom stereocenters. The van der Waals surface area contributed by atoms with Gasteiger partial charge in [0.2, 0.25) is 0 Å². The van der Waals surface area contributed by atoms with Crippen LogP contribution in [0.3, 0.4) is 0 Å². The third kappa shape index (κ3) is 3.45. The van der Waals surface area contributed by atoms with E-state index in [0.717, 1.165) is 43.7 Å². The summed E-state index contributed by atoms with van der Waals surface area (Å²) in [6, 6.07) is 2.54. The molecular weight excluding hydrogens is 238 g/mol. The summed E-state index contributed by atoms with van der Waals surface area (Å²) in [5, 5.41) is 3.39. The third-order valence-electron chi connectivity index (χ3n) is 4.06. The Morgan fingerprint density at radius 1 is 1.47 bits per heavy atom. The molecule has 0 aliphatic carbocycles. The summed E-state index contributed by atoms with van der Waals surface area (Å²) in [5.41, 5.74) is 3.34. The van der Waals surface area contributed by atoms with Crippen molar-refractivity contribution in [3.8, 4) is 0 Å². The minimum atomic E-state index is 0.0690. The molecule has 19 heavy (non-hydrogen) atoms. The average molecular weight is 263 g/mol. The number of nitrogens with one attached hydrogen (secondary N) is 2. The van der Waals surface area contributed by atoms with Crippen LogP contribution in [0.1, 0.15) is 44.0 Å². The van der Waals surface area contributed by atoms with E-state index in [2.05, 4.69) is 42.0 Å². The molecule has 106 valence electrons. The maximum absolute atomic E-state index is 12.0. The Hall–Kier alpha value is -1.13. The highest BCUT2D eigenvalue weighted by molar-refractivity contribution is 5.27. The highest BCUT2D eigenvalue weighted by Gasteiger charge is 2.17. The van der Waals surface area contributed by atoms with Crippen molar-refractivity contribution in [3.05, 3.63) is 33.2 Å². The lowest BCUT2D eigenvalue weighted by atomic mass is 10.0. The summed E-state index contributed by atoms with van der Waals surface area (Å²) in [6.07, 6.45) is 2.03. The van der Waals surface area contributed by atoms with Crippen LogP contribution < -0.4 is 10.9 Å². The minimum absolute atomic E-state index is 0.0690. The Morgan fingerprint density at radius 3 is 2.95 bits per heavy atom. The summed E-state index contributed by atoms with van der Waals surface area (Å²) in [6.45, 7) is 10.2. The first-order valence-electron chi connectivity index (χ1n) is 7.33. The first-order valence-corrected chi connectivity index (χ1v) is 7.33. The first-order chi connectivity index (χ1) is 9.13. The molecule has 0 amide bonds. The summed E-state index contributed by atoms with van der Waals surface area (Å²) < 4.78 is 0. The van der Waals surface area contributed by atoms with Gasteiger partial charge in [-0.25, -0.2) is 0 Å². The van der Waals surface area contributed by atoms with Crippen molar-refractivity contribution in [3.63, 3.8) is 0 Å². The maximum atomic E-state index is 12.0. The molecule has 2 N–H and O–H groups in total. The zero-order valence-corrected chi connectivity index (χ0v) is 12.3. The molecule has 2 heterocycles. The van der Waals surface area contributed by atoms with E-state index in [9.17, 15) is 4.79 Å². The van der Waals surface area contributed by atoms with E-state index < -0.39 is 0 Å². The van der Waals surface area contributed by atoms with Crippen LogP contribution in [0.2, 0.25) is 0 Å². The van der Waals surface area contributed by atoms with Gasteiger partial charge in [0.25, 0.3) is 5.56 Å². The molecule has 0 aromatic carbocycles. The van der Waals surface area contributed by atoms with Crippen LogP contribution in [0.25, 0.3) is 0 Å². The van der Waals surface area contributed by atoms with E-state index in [1.54, 1.807) is 0 Å². The van der Waals surface area contributed by atoms with Gasteiger partial charge in [0.1, 0.15) is 0 Å². The van der Waals surface area contributed by atoms with Crippen LogP contribution in [0, 0.1) is 0 Å². The van der Waals surface area contributed by atoms with Crippen LogP contribution in [-0.4, -0.2) is 29.0 Å². The Labute approximate surface area is 115 Å². The van der Waals surface area contributed by atoms with Crippen LogP contribution in [-0.2, 0) is 19.5 Å². The number of aromatic nitrogens is 1. The van der Waals surface area contributed by atoms with Gasteiger partial charge < -0.3 is 10.3 Å². The fourth-order valence-electron chi connectivity index (χ4n) is 2.44. The van der Waals surface area contributed by atoms with Gasteiger partial charge in [0.05, 0.1) is 0 Å². The lowest BCUT2D eigenvalue weighted by Crippen LogP contribution is -2.34. The molecule has 1 aromatic rings. The number of likely N-dealkylation sites (N-methyl/N-ethyl adjacent to an activating group) is 1. The van der Waals surface area contributed by atoms with Crippen LogP contribution in [0.4, 0.5) is 0 Å². The molecule has 1 aliphatic rings. The number of fused-ring (bicyclic) bond motifs is 1. The zero-order chi connectivity index (χ0) is 13.8. The molecule has 4 heteroatoms. The first kappa shape index (κ1) is 14.3. The number of rotatable bonds is 5. The SMILES string of the molecule is CCC(C)NCc1cc2c([nH]c1=O)CCN(CC)C2. The molecule has 0 saturated heterocycles. The second-order valence-corrected chi connectivity index (χ2v) is 5.44. The van der Waals surface area contributed by atoms with E-state index in [0.29, 0.717) is 12.6 Å². The fourth-order valence-corrected chi connectivity index (χ4v) is 2.44. The van der Waals surface area contributed by atoms with Crippen molar-refractivity contribution in [1.82, 2.24) is 15.2 Å². The second kappa shape index (κ2) is 6.35. The number of pyridine rings is 1. The monoisotopic (exact) mass is 263 g/mol. The van der Waals surface area contributed by atoms with Gasteiger partial charge in [-0.15, -0.1) is 0 Å². The van der Waals surface area contributed by atoms with Crippen LogP contribution >= 0.6 is 0 Å². The molecule has 0 bridgehead atoms. The predicted octanol–water partition coefficient (Wildman–Crippen LogP) is 1.64. The molecule has 0 saturated carbocycles. The van der Waals surface area contributed by atoms with Crippen molar-refractivity contribution < 1.29 is 0 Å². The smallest absolute Gasteiger partial charge is 0.252 e. The molecular formula is C15H25N3O. The van der Waals surface area contributed by atoms with Gasteiger partial charge in [-0.05, 0) is 31.5 Å². The average Bonchev–Trinajstić information content (AvgIpc) is 2.44. The molecule has 0 fully saturated rings. The molecule has 2 rings (SSSR count). The lowest BCUT2D eigenvalue weighted by Gasteiger charge is -2.27. The highest BCUT2D eigenvalue weighted by atomic mass is 16.1. The summed E-state index contributed by atoms with van der Waals surface area (Å²) >= 11 is 0. The lowest BCUT2D eigenvalue weighted by molar-refractivity contribution is 0.265. The number of hydrogen-bond donors (Lipinski definition) is 2. The molecule has 4 nitrogen and oxygen atoms in total. The highest BCUT2D eigenvalue weighted by Crippen LogP contribution is 2.16. The van der Waals surface area contributed by atoms with Crippen LogP contribution in [0.5, 0.6) is 0 Å². The van der Waals surface area contributed by atoms with E-state index in [1.807, 2.05) is 0 Å². The zero-order valence-electron chi connectivity index (χ0n) is 12.3. The Kier molecular flexibility index (Phi) is 4.77. The Balaban J connectivity index is 2.15. The Bertz CT molecular complexity index is 481. The largest absolute Gasteiger partial charge is 0.326 e. The number of hydrogen-bond acceptors (Lipinski definition) is 3. The van der Waals surface area contributed by atoms with Gasteiger partial charge in [0.15, 0.2) is 0 Å². The minimum Gasteiger partial charge on any atom is -0.326 e. The van der Waals surface area contributed by atoms with E-state index in [4.69, 9.17) is 0 Å². The van der Waals surface area contributed by atoms with Gasteiger partial charge in [-0.3, -0.25) is 9.69 Å². The van der Waals surface area contributed by atoms with Crippen molar-refractivity contribution in [2.75, 3.05) is 13.1 Å². The summed E-state index contributed by atoms with van der Waals surface area (Å²) in [7, 11) is 0. The number of nitrogens with zero attached hydrogens (tertiary/aromatic N) is 1. The van der Waals surface area contributed by atoms with Crippen molar-refractivity contribution in [2.45, 2.75) is 52.7 Å². The van der Waals surface area contributed by atoms with Gasteiger partial charge in [-0.2, -0.15) is 0 Å². The van der Waals surface area contributed by atoms with Crippen molar-refractivity contribution >= 4 is 0 Å². The number of H-pyrrole nitrogens is 1. The molecule has 1 aliphatic heterocycles. The van der Waals surface area contributed by atoms with Crippen molar-refractivity contribution in [2.24, 2.45) is 0 Å². The van der Waals surface area contributed by atoms with Gasteiger partial charge in [-0.1, -0.05) is 13.8 Å². The molecule has 0 radical (unpaired) electrons.